The zero-order chi connectivity index (χ0) is 50.8. The number of aromatic nitrogens is 8. The average molecular weight is 981 g/mol. The fourth-order valence-corrected chi connectivity index (χ4v) is 9.78. The first-order valence-electron chi connectivity index (χ1n) is 25.2. The average Bonchev–Trinajstić information content (AvgIpc) is 3.86. The van der Waals surface area contributed by atoms with Gasteiger partial charge in [0.25, 0.3) is 11.1 Å². The van der Waals surface area contributed by atoms with Gasteiger partial charge in [0.15, 0.2) is 22.3 Å². The van der Waals surface area contributed by atoms with Gasteiger partial charge in [-0.1, -0.05) is 111 Å². The zero-order valence-electron chi connectivity index (χ0n) is 41.4. The van der Waals surface area contributed by atoms with Gasteiger partial charge in [0, 0.05) is 58.9 Å². The fourth-order valence-electron chi connectivity index (χ4n) is 9.78. The maximum atomic E-state index is 13.9. The van der Waals surface area contributed by atoms with Crippen LogP contribution in [0.3, 0.4) is 0 Å². The number of anilines is 2. The standard InChI is InChI=1S/C28H31N7O2.C27H29N7O2/c1-2-15-33-26(36)24-25(35(28(33)37)19-21-9-4-3-5-10-21)31-27(32-16-8-13-30-14-17-32)34(24)20-23-12-7-6-11-22(23)18-29;1-2-14-32-25(35)23-24(34(27(32)36)18-20-8-4-3-5-9-20)30-26(31-15-12-29-13-16-31)33(23)19-22-11-7-6-10-21(22)17-28/h3-7,9-12,30H,2,8,13-17,19-20H2,1H3;3-11,29H,2,12-16,18-19H2,1H3. The number of benzene rings is 4. The summed E-state index contributed by atoms with van der Waals surface area (Å²) < 4.78 is 9.68. The predicted octanol–water partition coefficient (Wildman–Crippen LogP) is 4.69. The molecule has 0 unspecified atom stereocenters. The van der Waals surface area contributed by atoms with E-state index in [1.54, 1.807) is 21.3 Å². The number of imidazole rings is 2. The topological polar surface area (TPSA) is 202 Å². The van der Waals surface area contributed by atoms with Crippen LogP contribution in [0, 0.1) is 22.7 Å². The van der Waals surface area contributed by atoms with Gasteiger partial charge in [-0.05, 0) is 60.2 Å². The molecular weight excluding hydrogens is 921 g/mol. The van der Waals surface area contributed by atoms with Crippen LogP contribution in [0.2, 0.25) is 0 Å². The smallest absolute Gasteiger partial charge is 0.333 e. The summed E-state index contributed by atoms with van der Waals surface area (Å²) in [6, 6.07) is 38.8. The van der Waals surface area contributed by atoms with Crippen LogP contribution in [-0.2, 0) is 39.3 Å². The van der Waals surface area contributed by atoms with Gasteiger partial charge in [-0.15, -0.1) is 0 Å². The highest BCUT2D eigenvalue weighted by Crippen LogP contribution is 2.26. The highest BCUT2D eigenvalue weighted by Gasteiger charge is 2.28. The van der Waals surface area contributed by atoms with Crippen LogP contribution < -0.4 is 42.9 Å². The van der Waals surface area contributed by atoms with E-state index in [0.29, 0.717) is 97.5 Å². The Kier molecular flexibility index (Phi) is 15.5. The van der Waals surface area contributed by atoms with Gasteiger partial charge in [0.05, 0.1) is 49.4 Å². The number of nitriles is 2. The second kappa shape index (κ2) is 22.8. The minimum absolute atomic E-state index is 0.310. The first-order chi connectivity index (χ1) is 35.7. The summed E-state index contributed by atoms with van der Waals surface area (Å²) in [6.45, 7) is 12.1. The van der Waals surface area contributed by atoms with Crippen molar-refractivity contribution in [3.05, 3.63) is 184 Å². The first-order valence-corrected chi connectivity index (χ1v) is 25.2. The van der Waals surface area contributed by atoms with Crippen LogP contribution >= 0.6 is 0 Å². The van der Waals surface area contributed by atoms with Gasteiger partial charge in [0.2, 0.25) is 11.9 Å². The van der Waals surface area contributed by atoms with Crippen LogP contribution in [0.4, 0.5) is 11.9 Å². The summed E-state index contributed by atoms with van der Waals surface area (Å²) in [6.07, 6.45) is 2.25. The van der Waals surface area contributed by atoms with Crippen molar-refractivity contribution in [2.45, 2.75) is 72.4 Å². The molecule has 2 fully saturated rings. The van der Waals surface area contributed by atoms with Crippen molar-refractivity contribution in [2.75, 3.05) is 62.2 Å². The van der Waals surface area contributed by atoms with Gasteiger partial charge in [-0.3, -0.25) is 37.0 Å². The van der Waals surface area contributed by atoms with Crippen molar-refractivity contribution in [1.29, 1.82) is 10.5 Å². The molecule has 0 saturated carbocycles. The molecule has 0 radical (unpaired) electrons. The second-order valence-electron chi connectivity index (χ2n) is 18.3. The van der Waals surface area contributed by atoms with Crippen molar-refractivity contribution < 1.29 is 0 Å². The molecule has 10 rings (SSSR count). The Bertz CT molecular complexity index is 3560. The number of rotatable bonds is 14. The molecule has 2 aliphatic heterocycles. The van der Waals surface area contributed by atoms with Crippen molar-refractivity contribution in [3.8, 4) is 12.1 Å². The number of hydrogen-bond acceptors (Lipinski definition) is 12. The Hall–Kier alpha value is -8.32. The number of piperazine rings is 1. The van der Waals surface area contributed by atoms with Crippen LogP contribution in [0.5, 0.6) is 0 Å². The Labute approximate surface area is 422 Å². The minimum atomic E-state index is -0.355. The van der Waals surface area contributed by atoms with E-state index in [4.69, 9.17) is 9.97 Å². The first kappa shape index (κ1) is 49.7. The van der Waals surface area contributed by atoms with Gasteiger partial charge < -0.3 is 20.4 Å². The second-order valence-corrected chi connectivity index (χ2v) is 18.3. The Morgan fingerprint density at radius 3 is 1.30 bits per heavy atom. The highest BCUT2D eigenvalue weighted by atomic mass is 16.2. The van der Waals surface area contributed by atoms with Gasteiger partial charge in [0.1, 0.15) is 0 Å². The molecule has 2 N–H and O–H groups in total. The number of fused-ring (bicyclic) bond motifs is 2. The fraction of sp³-hybridized carbons (Fsp3) is 0.345. The van der Waals surface area contributed by atoms with Crippen molar-refractivity contribution in [2.24, 2.45) is 0 Å². The Morgan fingerprint density at radius 2 is 0.877 bits per heavy atom. The third-order valence-corrected chi connectivity index (χ3v) is 13.4. The third-order valence-electron chi connectivity index (χ3n) is 13.4. The highest BCUT2D eigenvalue weighted by molar-refractivity contribution is 5.76. The van der Waals surface area contributed by atoms with Gasteiger partial charge in [-0.2, -0.15) is 20.5 Å². The van der Waals surface area contributed by atoms with E-state index in [9.17, 15) is 29.7 Å². The van der Waals surface area contributed by atoms with E-state index in [-0.39, 0.29) is 22.5 Å². The van der Waals surface area contributed by atoms with Crippen molar-refractivity contribution in [1.82, 2.24) is 48.0 Å². The van der Waals surface area contributed by atoms with Crippen LogP contribution in [-0.4, -0.2) is 89.7 Å². The molecule has 73 heavy (non-hydrogen) atoms. The van der Waals surface area contributed by atoms with Gasteiger partial charge in [-0.25, -0.2) is 9.59 Å². The predicted molar refractivity (Wildman–Crippen MR) is 283 cm³/mol. The zero-order valence-corrected chi connectivity index (χ0v) is 41.4. The van der Waals surface area contributed by atoms with E-state index < -0.39 is 0 Å². The van der Waals surface area contributed by atoms with Crippen LogP contribution in [0.25, 0.3) is 22.3 Å². The normalized spacial score (nSPS) is 13.9. The number of nitrogens with zero attached hydrogens (tertiary/aromatic N) is 12. The van der Waals surface area contributed by atoms with E-state index in [1.165, 1.54) is 9.13 Å². The summed E-state index contributed by atoms with van der Waals surface area (Å²) >= 11 is 0. The maximum absolute atomic E-state index is 13.9. The molecule has 0 spiro atoms. The van der Waals surface area contributed by atoms with Crippen LogP contribution in [0.15, 0.2) is 128 Å². The van der Waals surface area contributed by atoms with Crippen molar-refractivity contribution >= 4 is 34.2 Å². The monoisotopic (exact) mass is 980 g/mol. The molecule has 0 atom stereocenters. The Balaban J connectivity index is 0.000000180. The maximum Gasteiger partial charge on any atom is 0.333 e. The molecule has 374 valence electrons. The molecule has 18 heteroatoms. The Morgan fingerprint density at radius 1 is 0.479 bits per heavy atom. The lowest BCUT2D eigenvalue weighted by Crippen LogP contribution is -2.44. The van der Waals surface area contributed by atoms with E-state index in [0.717, 1.165) is 81.0 Å². The molecule has 0 amide bonds. The summed E-state index contributed by atoms with van der Waals surface area (Å²) in [5.74, 6) is 1.30. The van der Waals surface area contributed by atoms with Crippen molar-refractivity contribution in [3.63, 3.8) is 0 Å². The minimum Gasteiger partial charge on any atom is -0.341 e. The summed E-state index contributed by atoms with van der Waals surface area (Å²) in [7, 11) is 0. The van der Waals surface area contributed by atoms with Gasteiger partial charge >= 0.3 is 11.4 Å². The molecule has 4 aromatic heterocycles. The lowest BCUT2D eigenvalue weighted by atomic mass is 10.1. The largest absolute Gasteiger partial charge is 0.341 e. The molecule has 18 nitrogen and oxygen atoms in total. The molecule has 6 heterocycles. The van der Waals surface area contributed by atoms with E-state index >= 15 is 0 Å². The summed E-state index contributed by atoms with van der Waals surface area (Å²) in [4.78, 5) is 69.1. The quantitative estimate of drug-likeness (QED) is 0.153. The summed E-state index contributed by atoms with van der Waals surface area (Å²) in [5, 5.41) is 26.2. The molecule has 0 aliphatic carbocycles. The molecule has 2 saturated heterocycles. The van der Waals surface area contributed by atoms with E-state index in [2.05, 4.69) is 32.6 Å². The van der Waals surface area contributed by atoms with Crippen LogP contribution in [0.1, 0.15) is 66.5 Å². The molecular formula is C55H60N14O4. The number of hydrogen-bond donors (Lipinski definition) is 2. The lowest BCUT2D eigenvalue weighted by molar-refractivity contribution is 0.570. The number of nitrogens with one attached hydrogen (secondary N) is 2. The summed E-state index contributed by atoms with van der Waals surface area (Å²) in [5.41, 5.74) is 4.78. The SMILES string of the molecule is CCCn1c(=O)c2c(nc(N3CCCNCC3)n2Cc2ccccc2C#N)n(Cc2ccccc2)c1=O.CCCn1c(=O)c2c(nc(N3CCNCC3)n2Cc2ccccc2C#N)n(Cc2ccccc2)c1=O. The lowest BCUT2D eigenvalue weighted by Gasteiger charge is -2.28. The van der Waals surface area contributed by atoms with E-state index in [1.807, 2.05) is 120 Å². The molecule has 4 aromatic carbocycles. The molecule has 0 bridgehead atoms. The molecule has 2 aliphatic rings. The third kappa shape index (κ3) is 10.4. The molecule has 8 aromatic rings.